The van der Waals surface area contributed by atoms with Crippen LogP contribution in [0.25, 0.3) is 0 Å². The van der Waals surface area contributed by atoms with Crippen LogP contribution in [0.3, 0.4) is 0 Å². The lowest BCUT2D eigenvalue weighted by Crippen LogP contribution is -2.39. The molecule has 2 rings (SSSR count). The molecule has 3 nitrogen and oxygen atoms in total. The van der Waals surface area contributed by atoms with Crippen LogP contribution in [0.4, 0.5) is 0 Å². The summed E-state index contributed by atoms with van der Waals surface area (Å²) < 4.78 is 17.7. The third-order valence-corrected chi connectivity index (χ3v) is 4.81. The Hall–Kier alpha value is -0.350. The summed E-state index contributed by atoms with van der Waals surface area (Å²) in [5.41, 5.74) is 1.51. The smallest absolute Gasteiger partial charge is 0.160 e. The minimum Gasteiger partial charge on any atom is -0.374 e. The fourth-order valence-corrected chi connectivity index (χ4v) is 3.38. The van der Waals surface area contributed by atoms with E-state index in [1.807, 2.05) is 12.2 Å². The van der Waals surface area contributed by atoms with Crippen LogP contribution in [0.1, 0.15) is 44.9 Å². The summed E-state index contributed by atoms with van der Waals surface area (Å²) in [4.78, 5) is 0. The predicted octanol–water partition coefficient (Wildman–Crippen LogP) is 4.66. The van der Waals surface area contributed by atoms with Crippen LogP contribution < -0.4 is 0 Å². The molecule has 0 bridgehead atoms. The first-order chi connectivity index (χ1) is 10.8. The number of halogens is 1. The summed E-state index contributed by atoms with van der Waals surface area (Å²) in [6, 6.07) is 0. The molecule has 1 aliphatic carbocycles. The number of hydrogen-bond acceptors (Lipinski definition) is 3. The largest absolute Gasteiger partial charge is 0.374 e. The Bertz CT molecular complexity index is 329. The van der Waals surface area contributed by atoms with E-state index in [9.17, 15) is 0 Å². The minimum absolute atomic E-state index is 0.000609. The highest BCUT2D eigenvalue weighted by Crippen LogP contribution is 2.32. The quantitative estimate of drug-likeness (QED) is 0.479. The van der Waals surface area contributed by atoms with Crippen LogP contribution in [0.2, 0.25) is 0 Å². The fraction of sp³-hybridized carbons (Fsp3) is 0.778. The number of allylic oxidation sites excluding steroid dienone is 1. The van der Waals surface area contributed by atoms with Crippen LogP contribution in [0, 0.1) is 11.8 Å². The monoisotopic (exact) mass is 328 g/mol. The summed E-state index contributed by atoms with van der Waals surface area (Å²) >= 11 is 5.50. The lowest BCUT2D eigenvalue weighted by atomic mass is 9.86. The van der Waals surface area contributed by atoms with Crippen molar-refractivity contribution in [3.63, 3.8) is 0 Å². The second-order valence-electron chi connectivity index (χ2n) is 6.35. The molecule has 1 aliphatic heterocycles. The van der Waals surface area contributed by atoms with Crippen molar-refractivity contribution in [1.29, 1.82) is 0 Å². The fourth-order valence-electron chi connectivity index (χ4n) is 3.30. The van der Waals surface area contributed by atoms with E-state index in [1.165, 1.54) is 18.4 Å². The van der Waals surface area contributed by atoms with Gasteiger partial charge in [0.1, 0.15) is 0 Å². The lowest BCUT2D eigenvalue weighted by Gasteiger charge is -2.37. The topological polar surface area (TPSA) is 27.7 Å². The van der Waals surface area contributed by atoms with Gasteiger partial charge in [0.2, 0.25) is 0 Å². The highest BCUT2D eigenvalue weighted by molar-refractivity contribution is 6.25. The van der Waals surface area contributed by atoms with Gasteiger partial charge >= 0.3 is 0 Å². The molecule has 0 aromatic heterocycles. The Morgan fingerprint density at radius 2 is 1.86 bits per heavy atom. The van der Waals surface area contributed by atoms with Crippen LogP contribution in [-0.4, -0.2) is 32.2 Å². The summed E-state index contributed by atoms with van der Waals surface area (Å²) in [5.74, 6) is 1.08. The normalized spacial score (nSPS) is 33.1. The number of ether oxygens (including phenoxy) is 3. The second-order valence-corrected chi connectivity index (χ2v) is 6.60. The molecular formula is C18H29ClO3. The molecule has 0 spiro atoms. The summed E-state index contributed by atoms with van der Waals surface area (Å²) in [5, 5.41) is 0. The van der Waals surface area contributed by atoms with E-state index >= 15 is 0 Å². The maximum atomic E-state index is 5.98. The third-order valence-electron chi connectivity index (χ3n) is 4.63. The Morgan fingerprint density at radius 1 is 1.14 bits per heavy atom. The zero-order valence-electron chi connectivity index (χ0n) is 13.4. The van der Waals surface area contributed by atoms with E-state index in [0.717, 1.165) is 45.3 Å². The molecule has 2 aliphatic rings. The van der Waals surface area contributed by atoms with Gasteiger partial charge < -0.3 is 14.2 Å². The summed E-state index contributed by atoms with van der Waals surface area (Å²) in [6.07, 6.45) is 12.1. The summed E-state index contributed by atoms with van der Waals surface area (Å²) in [6.45, 7) is 6.07. The molecule has 1 heterocycles. The van der Waals surface area contributed by atoms with Gasteiger partial charge in [-0.15, -0.1) is 6.58 Å². The summed E-state index contributed by atoms with van der Waals surface area (Å²) in [7, 11) is 0. The van der Waals surface area contributed by atoms with Gasteiger partial charge in [-0.25, -0.2) is 0 Å². The van der Waals surface area contributed by atoms with Crippen molar-refractivity contribution in [1.82, 2.24) is 0 Å². The second kappa shape index (κ2) is 10.4. The van der Waals surface area contributed by atoms with Gasteiger partial charge in [0, 0.05) is 17.4 Å². The molecule has 0 aromatic rings. The molecule has 0 aromatic carbocycles. The van der Waals surface area contributed by atoms with Gasteiger partial charge in [0.05, 0.1) is 25.9 Å². The van der Waals surface area contributed by atoms with Crippen molar-refractivity contribution < 1.29 is 14.2 Å². The first kappa shape index (κ1) is 18.0. The van der Waals surface area contributed by atoms with Crippen molar-refractivity contribution >= 4 is 11.6 Å². The van der Waals surface area contributed by atoms with Crippen LogP contribution in [0.15, 0.2) is 24.3 Å². The molecular weight excluding hydrogens is 300 g/mol. The first-order valence-electron chi connectivity index (χ1n) is 8.54. The number of unbranched alkanes of at least 4 members (excludes halogenated alkanes) is 1. The Balaban J connectivity index is 1.61. The molecule has 126 valence electrons. The van der Waals surface area contributed by atoms with Crippen LogP contribution in [-0.2, 0) is 14.2 Å². The first-order valence-corrected chi connectivity index (χ1v) is 8.98. The van der Waals surface area contributed by atoms with E-state index in [4.69, 9.17) is 25.8 Å². The number of rotatable bonds is 8. The van der Waals surface area contributed by atoms with Gasteiger partial charge in [-0.3, -0.25) is 0 Å². The average Bonchev–Trinajstić information content (AvgIpc) is 2.57. The molecule has 0 N–H and O–H groups in total. The van der Waals surface area contributed by atoms with Crippen molar-refractivity contribution in [3.8, 4) is 0 Å². The third kappa shape index (κ3) is 6.04. The lowest BCUT2D eigenvalue weighted by molar-refractivity contribution is -0.231. The molecule has 1 saturated heterocycles. The molecule has 0 unspecified atom stereocenters. The highest BCUT2D eigenvalue weighted by atomic mass is 35.5. The van der Waals surface area contributed by atoms with E-state index in [0.29, 0.717) is 24.5 Å². The maximum absolute atomic E-state index is 5.98. The SMILES string of the molecule is C=CCCCC1COC(C2CCC(OCC=CCl)CC2)OC1. The molecule has 0 radical (unpaired) electrons. The standard InChI is InChI=1S/C18H29ClO3/c1-2-3-4-6-15-13-21-18(22-14-15)16-7-9-17(10-8-16)20-12-5-11-19/h2,5,11,15-18H,1,3-4,6-10,12-14H2. The van der Waals surface area contributed by atoms with Crippen molar-refractivity contribution in [2.45, 2.75) is 57.3 Å². The molecule has 2 fully saturated rings. The van der Waals surface area contributed by atoms with E-state index < -0.39 is 0 Å². The van der Waals surface area contributed by atoms with Gasteiger partial charge in [-0.05, 0) is 51.0 Å². The van der Waals surface area contributed by atoms with E-state index in [2.05, 4.69) is 6.58 Å². The van der Waals surface area contributed by atoms with Gasteiger partial charge in [0.15, 0.2) is 6.29 Å². The average molecular weight is 329 g/mol. The molecule has 0 atom stereocenters. The van der Waals surface area contributed by atoms with Gasteiger partial charge in [-0.1, -0.05) is 17.7 Å². The minimum atomic E-state index is -0.000609. The molecule has 0 amide bonds. The molecule has 1 saturated carbocycles. The maximum Gasteiger partial charge on any atom is 0.160 e. The Labute approximate surface area is 139 Å². The van der Waals surface area contributed by atoms with Gasteiger partial charge in [-0.2, -0.15) is 0 Å². The zero-order valence-corrected chi connectivity index (χ0v) is 14.2. The van der Waals surface area contributed by atoms with Gasteiger partial charge in [0.25, 0.3) is 0 Å². The van der Waals surface area contributed by atoms with Crippen molar-refractivity contribution in [2.75, 3.05) is 19.8 Å². The highest BCUT2D eigenvalue weighted by Gasteiger charge is 2.32. The molecule has 4 heteroatoms. The van der Waals surface area contributed by atoms with Crippen LogP contribution in [0.5, 0.6) is 0 Å². The van der Waals surface area contributed by atoms with Crippen molar-refractivity contribution in [3.05, 3.63) is 24.3 Å². The Kier molecular flexibility index (Phi) is 8.53. The zero-order chi connectivity index (χ0) is 15.6. The Morgan fingerprint density at radius 3 is 2.50 bits per heavy atom. The van der Waals surface area contributed by atoms with Crippen LogP contribution >= 0.6 is 11.6 Å². The van der Waals surface area contributed by atoms with E-state index in [-0.39, 0.29) is 6.29 Å². The van der Waals surface area contributed by atoms with Crippen molar-refractivity contribution in [2.24, 2.45) is 11.8 Å². The predicted molar refractivity (Wildman–Crippen MR) is 89.9 cm³/mol. The number of hydrogen-bond donors (Lipinski definition) is 0. The molecule has 22 heavy (non-hydrogen) atoms. The van der Waals surface area contributed by atoms with E-state index in [1.54, 1.807) is 0 Å².